The topological polar surface area (TPSA) is 44.4 Å². The molecule has 1 aliphatic heterocycles. The van der Waals surface area contributed by atoms with Crippen molar-refractivity contribution >= 4 is 17.3 Å². The van der Waals surface area contributed by atoms with Crippen molar-refractivity contribution in [2.45, 2.75) is 44.6 Å². The molecule has 2 N–H and O–H groups in total. The Balaban J connectivity index is 1.34. The van der Waals surface area contributed by atoms with Crippen LogP contribution in [-0.4, -0.2) is 37.0 Å². The van der Waals surface area contributed by atoms with Crippen LogP contribution < -0.4 is 10.6 Å². The Morgan fingerprint density at radius 3 is 2.38 bits per heavy atom. The van der Waals surface area contributed by atoms with E-state index in [-0.39, 0.29) is 5.91 Å². The maximum absolute atomic E-state index is 13.1. The standard InChI is InChI=1S/C30H35N3O/c1-3-21-19-28(21)23-9-12-25(13-10-23)32-30(34)24-11-14-27(22-7-5-4-6-8-22)29(20-24)31-26-15-17-33(2)18-16-26/h4-14,20-21,26,28,31H,3,15-19H2,1-2H3,(H,32,34)/t21-,28+/m0/s1. The van der Waals surface area contributed by atoms with Crippen LogP contribution in [0.2, 0.25) is 0 Å². The van der Waals surface area contributed by atoms with Gasteiger partial charge in [0.15, 0.2) is 0 Å². The molecule has 4 nitrogen and oxygen atoms in total. The summed E-state index contributed by atoms with van der Waals surface area (Å²) >= 11 is 0. The van der Waals surface area contributed by atoms with Crippen molar-refractivity contribution in [1.82, 2.24) is 4.90 Å². The van der Waals surface area contributed by atoms with Gasteiger partial charge in [0, 0.05) is 28.5 Å². The predicted molar refractivity (Wildman–Crippen MR) is 142 cm³/mol. The highest BCUT2D eigenvalue weighted by Gasteiger charge is 2.36. The lowest BCUT2D eigenvalue weighted by molar-refractivity contribution is 0.102. The van der Waals surface area contributed by atoms with Crippen LogP contribution in [0.5, 0.6) is 0 Å². The Hall–Kier alpha value is -3.11. The van der Waals surface area contributed by atoms with E-state index in [1.165, 1.54) is 18.4 Å². The zero-order chi connectivity index (χ0) is 23.5. The van der Waals surface area contributed by atoms with Crippen LogP contribution in [0, 0.1) is 5.92 Å². The molecule has 34 heavy (non-hydrogen) atoms. The summed E-state index contributed by atoms with van der Waals surface area (Å²) < 4.78 is 0. The van der Waals surface area contributed by atoms with Gasteiger partial charge in [0.25, 0.3) is 5.91 Å². The van der Waals surface area contributed by atoms with Gasteiger partial charge in [-0.25, -0.2) is 0 Å². The summed E-state index contributed by atoms with van der Waals surface area (Å²) in [5.41, 5.74) is 6.23. The second kappa shape index (κ2) is 10.0. The number of anilines is 2. The van der Waals surface area contributed by atoms with Crippen molar-refractivity contribution in [1.29, 1.82) is 0 Å². The fourth-order valence-corrected chi connectivity index (χ4v) is 5.17. The number of hydrogen-bond acceptors (Lipinski definition) is 3. The summed E-state index contributed by atoms with van der Waals surface area (Å²) in [6.07, 6.45) is 4.75. The average Bonchev–Trinajstić information content (AvgIpc) is 3.66. The molecule has 0 aromatic heterocycles. The number of nitrogens with one attached hydrogen (secondary N) is 2. The predicted octanol–water partition coefficient (Wildman–Crippen LogP) is 6.63. The Morgan fingerprint density at radius 2 is 1.71 bits per heavy atom. The molecular formula is C30H35N3O. The van der Waals surface area contributed by atoms with Crippen LogP contribution >= 0.6 is 0 Å². The highest BCUT2D eigenvalue weighted by molar-refractivity contribution is 6.05. The molecule has 0 bridgehead atoms. The molecular weight excluding hydrogens is 418 g/mol. The third-order valence-electron chi connectivity index (χ3n) is 7.49. The molecule has 0 spiro atoms. The van der Waals surface area contributed by atoms with Crippen molar-refractivity contribution in [2.75, 3.05) is 30.8 Å². The number of amides is 1. The van der Waals surface area contributed by atoms with Gasteiger partial charge in [0.05, 0.1) is 0 Å². The minimum atomic E-state index is -0.0726. The summed E-state index contributed by atoms with van der Waals surface area (Å²) in [5, 5.41) is 6.85. The monoisotopic (exact) mass is 453 g/mol. The number of carbonyl (C=O) groups excluding carboxylic acids is 1. The van der Waals surface area contributed by atoms with E-state index in [4.69, 9.17) is 0 Å². The summed E-state index contributed by atoms with van der Waals surface area (Å²) in [6.45, 7) is 4.45. The third kappa shape index (κ3) is 5.18. The SMILES string of the molecule is CC[C@H]1C[C@H]1c1ccc(NC(=O)c2ccc(-c3ccccc3)c(NC3CCN(C)CC3)c2)cc1. The first-order valence-corrected chi connectivity index (χ1v) is 12.7. The van der Waals surface area contributed by atoms with Crippen LogP contribution in [0.3, 0.4) is 0 Å². The van der Waals surface area contributed by atoms with Crippen LogP contribution in [0.25, 0.3) is 11.1 Å². The zero-order valence-electron chi connectivity index (χ0n) is 20.3. The summed E-state index contributed by atoms with van der Waals surface area (Å²) in [4.78, 5) is 15.5. The molecule has 5 rings (SSSR count). The maximum atomic E-state index is 13.1. The van der Waals surface area contributed by atoms with Crippen molar-refractivity contribution in [3.63, 3.8) is 0 Å². The molecule has 1 saturated carbocycles. The number of nitrogens with zero attached hydrogens (tertiary/aromatic N) is 1. The maximum Gasteiger partial charge on any atom is 0.255 e. The molecule has 1 saturated heterocycles. The molecule has 4 heteroatoms. The van der Waals surface area contributed by atoms with Gasteiger partial charge in [-0.2, -0.15) is 0 Å². The molecule has 0 radical (unpaired) electrons. The van der Waals surface area contributed by atoms with E-state index in [1.807, 2.05) is 30.3 Å². The quantitative estimate of drug-likeness (QED) is 0.422. The largest absolute Gasteiger partial charge is 0.382 e. The van der Waals surface area contributed by atoms with Gasteiger partial charge in [-0.1, -0.05) is 61.9 Å². The number of piperidine rings is 1. The Morgan fingerprint density at radius 1 is 0.971 bits per heavy atom. The van der Waals surface area contributed by atoms with Crippen LogP contribution in [-0.2, 0) is 0 Å². The summed E-state index contributed by atoms with van der Waals surface area (Å²) in [5.74, 6) is 1.46. The first-order valence-electron chi connectivity index (χ1n) is 12.7. The Kier molecular flexibility index (Phi) is 6.68. The Labute approximate surface area is 203 Å². The van der Waals surface area contributed by atoms with Gasteiger partial charge in [-0.05, 0) is 86.6 Å². The number of benzene rings is 3. The smallest absolute Gasteiger partial charge is 0.255 e. The van der Waals surface area contributed by atoms with Crippen LogP contribution in [0.1, 0.15) is 54.4 Å². The van der Waals surface area contributed by atoms with E-state index in [9.17, 15) is 4.79 Å². The van der Waals surface area contributed by atoms with E-state index < -0.39 is 0 Å². The lowest BCUT2D eigenvalue weighted by Gasteiger charge is -2.31. The van der Waals surface area contributed by atoms with E-state index >= 15 is 0 Å². The van der Waals surface area contributed by atoms with Gasteiger partial charge >= 0.3 is 0 Å². The van der Waals surface area contributed by atoms with Gasteiger partial charge in [0.1, 0.15) is 0 Å². The Bertz CT molecular complexity index is 1120. The highest BCUT2D eigenvalue weighted by atomic mass is 16.1. The zero-order valence-corrected chi connectivity index (χ0v) is 20.3. The van der Waals surface area contributed by atoms with E-state index in [1.54, 1.807) is 0 Å². The second-order valence-electron chi connectivity index (χ2n) is 9.93. The van der Waals surface area contributed by atoms with Gasteiger partial charge in [0.2, 0.25) is 0 Å². The molecule has 3 aromatic carbocycles. The average molecular weight is 454 g/mol. The van der Waals surface area contributed by atoms with Crippen molar-refractivity contribution in [3.8, 4) is 11.1 Å². The number of rotatable bonds is 7. The molecule has 2 aliphatic rings. The first kappa shape index (κ1) is 22.7. The molecule has 1 heterocycles. The lowest BCUT2D eigenvalue weighted by atomic mass is 9.99. The lowest BCUT2D eigenvalue weighted by Crippen LogP contribution is -2.36. The van der Waals surface area contributed by atoms with Crippen molar-refractivity contribution in [2.24, 2.45) is 5.92 Å². The molecule has 176 valence electrons. The molecule has 2 fully saturated rings. The van der Waals surface area contributed by atoms with E-state index in [2.05, 4.69) is 72.0 Å². The van der Waals surface area contributed by atoms with Gasteiger partial charge in [-0.3, -0.25) is 4.79 Å². The molecule has 1 aliphatic carbocycles. The van der Waals surface area contributed by atoms with E-state index in [0.29, 0.717) is 17.5 Å². The minimum Gasteiger partial charge on any atom is -0.382 e. The van der Waals surface area contributed by atoms with Crippen molar-refractivity contribution in [3.05, 3.63) is 83.9 Å². The molecule has 3 aromatic rings. The van der Waals surface area contributed by atoms with Gasteiger partial charge in [-0.15, -0.1) is 0 Å². The normalized spacial score (nSPS) is 20.6. The van der Waals surface area contributed by atoms with Crippen molar-refractivity contribution < 1.29 is 4.79 Å². The first-order chi connectivity index (χ1) is 16.6. The van der Waals surface area contributed by atoms with Crippen LogP contribution in [0.4, 0.5) is 11.4 Å². The number of hydrogen-bond donors (Lipinski definition) is 2. The molecule has 0 unspecified atom stereocenters. The van der Waals surface area contributed by atoms with E-state index in [0.717, 1.165) is 54.4 Å². The highest BCUT2D eigenvalue weighted by Crippen LogP contribution is 2.49. The molecule has 1 amide bonds. The van der Waals surface area contributed by atoms with Crippen LogP contribution in [0.15, 0.2) is 72.8 Å². The third-order valence-corrected chi connectivity index (χ3v) is 7.49. The molecule has 2 atom stereocenters. The fraction of sp³-hybridized carbons (Fsp3) is 0.367. The summed E-state index contributed by atoms with van der Waals surface area (Å²) in [7, 11) is 2.18. The number of carbonyl (C=O) groups is 1. The summed E-state index contributed by atoms with van der Waals surface area (Å²) in [6, 6.07) is 25.2. The minimum absolute atomic E-state index is 0.0726. The second-order valence-corrected chi connectivity index (χ2v) is 9.93. The van der Waals surface area contributed by atoms with Gasteiger partial charge < -0.3 is 15.5 Å². The fourth-order valence-electron chi connectivity index (χ4n) is 5.17. The number of likely N-dealkylation sites (tertiary alicyclic amines) is 1.